The van der Waals surface area contributed by atoms with Crippen LogP contribution in [0.3, 0.4) is 0 Å². The summed E-state index contributed by atoms with van der Waals surface area (Å²) < 4.78 is 38.4. The summed E-state index contributed by atoms with van der Waals surface area (Å²) in [6, 6.07) is 2.43. The van der Waals surface area contributed by atoms with Gasteiger partial charge in [0.15, 0.2) is 11.6 Å². The molecule has 2 heterocycles. The fourth-order valence-corrected chi connectivity index (χ4v) is 2.61. The third-order valence-corrected chi connectivity index (χ3v) is 3.94. The lowest BCUT2D eigenvalue weighted by Gasteiger charge is -2.15. The molecule has 0 saturated carbocycles. The second kappa shape index (κ2) is 7.18. The van der Waals surface area contributed by atoms with Gasteiger partial charge in [-0.2, -0.15) is 0 Å². The predicted octanol–water partition coefficient (Wildman–Crippen LogP) is 2.31. The van der Waals surface area contributed by atoms with Gasteiger partial charge in [-0.25, -0.2) is 13.8 Å². The third kappa shape index (κ3) is 3.67. The fourth-order valence-electron chi connectivity index (χ4n) is 2.61. The Hall–Kier alpha value is -3.23. The zero-order valence-corrected chi connectivity index (χ0v) is 14.9. The van der Waals surface area contributed by atoms with Crippen molar-refractivity contribution in [2.75, 3.05) is 6.61 Å². The molecule has 9 heteroatoms. The number of furan rings is 1. The van der Waals surface area contributed by atoms with E-state index < -0.39 is 29.1 Å². The van der Waals surface area contributed by atoms with Crippen LogP contribution in [0.2, 0.25) is 0 Å². The second-order valence-electron chi connectivity index (χ2n) is 6.13. The zero-order valence-electron chi connectivity index (χ0n) is 14.9. The molecule has 1 aromatic carbocycles. The molecule has 1 atom stereocenters. The fraction of sp³-hybridized carbons (Fsp3) is 0.278. The minimum atomic E-state index is -0.834. The van der Waals surface area contributed by atoms with E-state index in [1.165, 1.54) is 24.0 Å². The number of hydrogen-bond donors (Lipinski definition) is 1. The quantitative estimate of drug-likeness (QED) is 0.737. The number of hydrogen-bond acceptors (Lipinski definition) is 5. The van der Waals surface area contributed by atoms with Gasteiger partial charge in [-0.1, -0.05) is 0 Å². The number of nitrogens with one attached hydrogen (secondary N) is 1. The van der Waals surface area contributed by atoms with Gasteiger partial charge >= 0.3 is 0 Å². The number of nitrogens with zero attached hydrogens (tertiary/aromatic N) is 2. The summed E-state index contributed by atoms with van der Waals surface area (Å²) in [5.74, 6) is -1.94. The van der Waals surface area contributed by atoms with E-state index in [9.17, 15) is 18.4 Å². The van der Waals surface area contributed by atoms with Crippen molar-refractivity contribution in [1.82, 2.24) is 14.9 Å². The number of carbonyl (C=O) groups is 1. The topological polar surface area (TPSA) is 86.4 Å². The van der Waals surface area contributed by atoms with Gasteiger partial charge in [-0.15, -0.1) is 0 Å². The first kappa shape index (κ1) is 18.6. The van der Waals surface area contributed by atoms with Crippen LogP contribution in [0.5, 0.6) is 5.75 Å². The molecule has 0 spiro atoms. The maximum atomic E-state index is 13.6. The SMILES string of the molecule is Cc1oc2ncn(C)c(=O)c2c1C(=O)N[C@H](C)COc1ccc(F)cc1F. The summed E-state index contributed by atoms with van der Waals surface area (Å²) in [6.45, 7) is 3.15. The zero-order chi connectivity index (χ0) is 19.7. The molecule has 0 fully saturated rings. The largest absolute Gasteiger partial charge is 0.488 e. The summed E-state index contributed by atoms with van der Waals surface area (Å²) >= 11 is 0. The highest BCUT2D eigenvalue weighted by Gasteiger charge is 2.23. The minimum absolute atomic E-state index is 0.0562. The number of aromatic nitrogens is 2. The Kier molecular flexibility index (Phi) is 4.93. The smallest absolute Gasteiger partial charge is 0.265 e. The average molecular weight is 377 g/mol. The van der Waals surface area contributed by atoms with E-state index in [4.69, 9.17) is 9.15 Å². The van der Waals surface area contributed by atoms with Gasteiger partial charge in [0.2, 0.25) is 5.71 Å². The van der Waals surface area contributed by atoms with Crippen molar-refractivity contribution in [2.24, 2.45) is 7.05 Å². The molecule has 7 nitrogen and oxygen atoms in total. The van der Waals surface area contributed by atoms with E-state index in [0.717, 1.165) is 6.07 Å². The van der Waals surface area contributed by atoms with Crippen molar-refractivity contribution < 1.29 is 22.7 Å². The molecule has 0 saturated heterocycles. The summed E-state index contributed by atoms with van der Waals surface area (Å²) in [5, 5.41) is 2.76. The number of ether oxygens (including phenoxy) is 1. The molecular weight excluding hydrogens is 360 g/mol. The summed E-state index contributed by atoms with van der Waals surface area (Å²) in [5.41, 5.74) is -0.226. The Labute approximate surface area is 152 Å². The van der Waals surface area contributed by atoms with Gasteiger partial charge in [0.25, 0.3) is 11.5 Å². The Morgan fingerprint density at radius 3 is 2.85 bits per heavy atom. The number of aryl methyl sites for hydroxylation is 2. The minimum Gasteiger partial charge on any atom is -0.488 e. The normalized spacial score (nSPS) is 12.2. The lowest BCUT2D eigenvalue weighted by Crippen LogP contribution is -2.37. The molecule has 0 bridgehead atoms. The predicted molar refractivity (Wildman–Crippen MR) is 92.8 cm³/mol. The number of carbonyl (C=O) groups excluding carboxylic acids is 1. The average Bonchev–Trinajstić information content (AvgIpc) is 2.94. The molecule has 1 amide bonds. The van der Waals surface area contributed by atoms with Crippen LogP contribution in [0.1, 0.15) is 23.0 Å². The first-order chi connectivity index (χ1) is 12.8. The van der Waals surface area contributed by atoms with E-state index >= 15 is 0 Å². The molecule has 0 aliphatic carbocycles. The van der Waals surface area contributed by atoms with E-state index in [0.29, 0.717) is 6.07 Å². The maximum absolute atomic E-state index is 13.6. The molecule has 27 heavy (non-hydrogen) atoms. The van der Waals surface area contributed by atoms with Crippen LogP contribution >= 0.6 is 0 Å². The van der Waals surface area contributed by atoms with Crippen LogP contribution in [0.15, 0.2) is 33.7 Å². The highest BCUT2D eigenvalue weighted by Crippen LogP contribution is 2.21. The van der Waals surface area contributed by atoms with Crippen LogP contribution in [0.25, 0.3) is 11.1 Å². The molecule has 0 unspecified atom stereocenters. The van der Waals surface area contributed by atoms with Gasteiger partial charge in [0, 0.05) is 13.1 Å². The number of halogens is 2. The van der Waals surface area contributed by atoms with Gasteiger partial charge < -0.3 is 19.0 Å². The molecule has 2 aromatic heterocycles. The van der Waals surface area contributed by atoms with Crippen LogP contribution in [-0.2, 0) is 7.05 Å². The van der Waals surface area contributed by atoms with Crippen molar-refractivity contribution in [1.29, 1.82) is 0 Å². The first-order valence-electron chi connectivity index (χ1n) is 8.11. The summed E-state index contributed by atoms with van der Waals surface area (Å²) in [4.78, 5) is 28.9. The Balaban J connectivity index is 1.75. The van der Waals surface area contributed by atoms with Crippen molar-refractivity contribution in [3.63, 3.8) is 0 Å². The van der Waals surface area contributed by atoms with E-state index in [1.807, 2.05) is 0 Å². The molecular formula is C18H17F2N3O4. The molecule has 3 rings (SSSR count). The maximum Gasteiger partial charge on any atom is 0.265 e. The van der Waals surface area contributed by atoms with Gasteiger partial charge in [0.1, 0.15) is 29.9 Å². The molecule has 3 aromatic rings. The van der Waals surface area contributed by atoms with E-state index in [1.54, 1.807) is 13.8 Å². The van der Waals surface area contributed by atoms with Gasteiger partial charge in [-0.3, -0.25) is 9.59 Å². The molecule has 142 valence electrons. The van der Waals surface area contributed by atoms with Crippen LogP contribution in [-0.4, -0.2) is 28.1 Å². The number of amides is 1. The molecule has 1 N–H and O–H groups in total. The number of fused-ring (bicyclic) bond motifs is 1. The first-order valence-corrected chi connectivity index (χ1v) is 8.11. The molecule has 0 aliphatic heterocycles. The number of benzene rings is 1. The van der Waals surface area contributed by atoms with E-state index in [2.05, 4.69) is 10.3 Å². The van der Waals surface area contributed by atoms with Crippen molar-refractivity contribution in [2.45, 2.75) is 19.9 Å². The van der Waals surface area contributed by atoms with E-state index in [-0.39, 0.29) is 34.8 Å². The Morgan fingerprint density at radius 2 is 2.15 bits per heavy atom. The monoisotopic (exact) mass is 377 g/mol. The summed E-state index contributed by atoms with van der Waals surface area (Å²) in [6.07, 6.45) is 1.31. The van der Waals surface area contributed by atoms with Crippen LogP contribution in [0, 0.1) is 18.6 Å². The number of rotatable bonds is 5. The Morgan fingerprint density at radius 1 is 1.41 bits per heavy atom. The summed E-state index contributed by atoms with van der Waals surface area (Å²) in [7, 11) is 1.52. The highest BCUT2D eigenvalue weighted by molar-refractivity contribution is 6.06. The lowest BCUT2D eigenvalue weighted by atomic mass is 10.1. The highest BCUT2D eigenvalue weighted by atomic mass is 19.1. The van der Waals surface area contributed by atoms with Crippen LogP contribution < -0.4 is 15.6 Å². The standard InChI is InChI=1S/C18H17F2N3O4/c1-9(7-26-13-5-4-11(19)6-12(13)20)22-16(24)14-10(2)27-17-15(14)18(25)23(3)8-21-17/h4-6,8-9H,7H2,1-3H3,(H,22,24)/t9-/m1/s1. The van der Waals surface area contributed by atoms with Crippen LogP contribution in [0.4, 0.5) is 8.78 Å². The van der Waals surface area contributed by atoms with Gasteiger partial charge in [0.05, 0.1) is 11.6 Å². The van der Waals surface area contributed by atoms with Crippen molar-refractivity contribution in [3.05, 3.63) is 57.8 Å². The molecule has 0 aliphatic rings. The lowest BCUT2D eigenvalue weighted by molar-refractivity contribution is 0.0926. The van der Waals surface area contributed by atoms with Crippen molar-refractivity contribution in [3.8, 4) is 5.75 Å². The third-order valence-electron chi connectivity index (χ3n) is 3.94. The van der Waals surface area contributed by atoms with Crippen molar-refractivity contribution >= 4 is 17.0 Å². The molecule has 0 radical (unpaired) electrons. The van der Waals surface area contributed by atoms with Gasteiger partial charge in [-0.05, 0) is 26.0 Å². The Bertz CT molecular complexity index is 1070. The second-order valence-corrected chi connectivity index (χ2v) is 6.13.